The Hall–Kier alpha value is -2.73. The van der Waals surface area contributed by atoms with E-state index >= 15 is 0 Å². The van der Waals surface area contributed by atoms with Gasteiger partial charge in [-0.25, -0.2) is 4.98 Å². The molecule has 1 heterocycles. The van der Waals surface area contributed by atoms with Gasteiger partial charge in [0.25, 0.3) is 0 Å². The van der Waals surface area contributed by atoms with Crippen LogP contribution in [0.3, 0.4) is 0 Å². The van der Waals surface area contributed by atoms with Crippen LogP contribution >= 0.6 is 11.6 Å². The first-order valence-corrected chi connectivity index (χ1v) is 8.58. The first kappa shape index (κ1) is 19.6. The Morgan fingerprint density at radius 1 is 1.42 bits per heavy atom. The number of nitrogens with one attached hydrogen (secondary N) is 1. The third-order valence-corrected chi connectivity index (χ3v) is 3.62. The van der Waals surface area contributed by atoms with Crippen LogP contribution in [-0.2, 0) is 4.79 Å². The fourth-order valence-corrected chi connectivity index (χ4v) is 2.42. The number of pyridine rings is 1. The van der Waals surface area contributed by atoms with Crippen molar-refractivity contribution in [2.45, 2.75) is 26.8 Å². The first-order chi connectivity index (χ1) is 12.4. The Labute approximate surface area is 158 Å². The van der Waals surface area contributed by atoms with Gasteiger partial charge in [-0.05, 0) is 37.6 Å². The summed E-state index contributed by atoms with van der Waals surface area (Å²) in [6.45, 7) is 5.80. The molecule has 0 aliphatic rings. The molecule has 0 spiro atoms. The number of rotatable bonds is 7. The summed E-state index contributed by atoms with van der Waals surface area (Å²) < 4.78 is 11.1. The van der Waals surface area contributed by atoms with Gasteiger partial charge in [-0.15, -0.1) is 0 Å². The van der Waals surface area contributed by atoms with E-state index in [-0.39, 0.29) is 17.8 Å². The van der Waals surface area contributed by atoms with Gasteiger partial charge in [0.05, 0.1) is 17.3 Å². The number of amides is 1. The molecular weight excluding hydrogens is 354 g/mol. The van der Waals surface area contributed by atoms with E-state index in [0.29, 0.717) is 28.8 Å². The Bertz CT molecular complexity index is 809. The van der Waals surface area contributed by atoms with Gasteiger partial charge in [-0.1, -0.05) is 23.8 Å². The number of halogens is 1. The molecule has 7 heteroatoms. The molecule has 0 fully saturated rings. The highest BCUT2D eigenvalue weighted by Crippen LogP contribution is 2.34. The zero-order valence-corrected chi connectivity index (χ0v) is 15.7. The van der Waals surface area contributed by atoms with Crippen LogP contribution in [0.15, 0.2) is 36.5 Å². The van der Waals surface area contributed by atoms with Gasteiger partial charge in [0.1, 0.15) is 11.5 Å². The predicted molar refractivity (Wildman–Crippen MR) is 104 cm³/mol. The minimum atomic E-state index is -0.0905. The van der Waals surface area contributed by atoms with Crippen LogP contribution in [0.5, 0.6) is 17.4 Å². The number of carbonyl (C=O) groups excluding carboxylic acids is 1. The Kier molecular flexibility index (Phi) is 6.86. The maximum Gasteiger partial charge on any atom is 0.242 e. The molecule has 0 aliphatic heterocycles. The predicted octanol–water partition coefficient (Wildman–Crippen LogP) is 4.05. The van der Waals surface area contributed by atoms with Gasteiger partial charge in [0.2, 0.25) is 11.8 Å². The lowest BCUT2D eigenvalue weighted by Crippen LogP contribution is -2.28. The van der Waals surface area contributed by atoms with Crippen molar-refractivity contribution in [3.05, 3.63) is 47.1 Å². The number of aromatic nitrogens is 1. The SMILES string of the molecule is CCOc1ccc(Oc2ncc(/C=C/[C@H](C)NC(C)=O)cc2N)c(Cl)c1. The van der Waals surface area contributed by atoms with Crippen molar-refractivity contribution in [3.8, 4) is 17.4 Å². The Morgan fingerprint density at radius 2 is 2.19 bits per heavy atom. The molecule has 0 saturated carbocycles. The minimum absolute atomic E-state index is 0.0872. The Balaban J connectivity index is 2.10. The number of hydrogen-bond donors (Lipinski definition) is 2. The molecule has 0 bridgehead atoms. The van der Waals surface area contributed by atoms with Gasteiger partial charge < -0.3 is 20.5 Å². The number of carbonyl (C=O) groups is 1. The van der Waals surface area contributed by atoms with Crippen molar-refractivity contribution >= 4 is 29.3 Å². The highest BCUT2D eigenvalue weighted by molar-refractivity contribution is 6.32. The van der Waals surface area contributed by atoms with E-state index in [9.17, 15) is 4.79 Å². The second-order valence-corrected chi connectivity index (χ2v) is 6.05. The minimum Gasteiger partial charge on any atom is -0.494 e. The number of ether oxygens (including phenoxy) is 2. The van der Waals surface area contributed by atoms with Crippen LogP contribution in [0.4, 0.5) is 5.69 Å². The molecule has 0 unspecified atom stereocenters. The van der Waals surface area contributed by atoms with E-state index in [1.165, 1.54) is 6.92 Å². The van der Waals surface area contributed by atoms with E-state index in [4.69, 9.17) is 26.8 Å². The molecule has 26 heavy (non-hydrogen) atoms. The van der Waals surface area contributed by atoms with Crippen LogP contribution in [-0.4, -0.2) is 23.5 Å². The third-order valence-electron chi connectivity index (χ3n) is 3.33. The molecule has 1 atom stereocenters. The monoisotopic (exact) mass is 375 g/mol. The van der Waals surface area contributed by atoms with Crippen molar-refractivity contribution in [3.63, 3.8) is 0 Å². The summed E-state index contributed by atoms with van der Waals surface area (Å²) in [7, 11) is 0. The molecule has 6 nitrogen and oxygen atoms in total. The Morgan fingerprint density at radius 3 is 2.81 bits per heavy atom. The summed E-state index contributed by atoms with van der Waals surface area (Å²) in [4.78, 5) is 15.2. The van der Waals surface area contributed by atoms with Crippen molar-refractivity contribution in [2.75, 3.05) is 12.3 Å². The molecule has 2 rings (SSSR count). The standard InChI is InChI=1S/C19H22ClN3O3/c1-4-25-15-7-8-18(16(20)10-15)26-19-17(21)9-14(11-22-19)6-5-12(2)23-13(3)24/h5-12H,4,21H2,1-3H3,(H,23,24)/b6-5+/t12-/m0/s1. The van der Waals surface area contributed by atoms with Crippen molar-refractivity contribution in [2.24, 2.45) is 0 Å². The van der Waals surface area contributed by atoms with Crippen LogP contribution in [0.2, 0.25) is 5.02 Å². The number of benzene rings is 1. The van der Waals surface area contributed by atoms with Crippen LogP contribution in [0, 0.1) is 0 Å². The number of nitrogen functional groups attached to an aromatic ring is 1. The quantitative estimate of drug-likeness (QED) is 0.762. The van der Waals surface area contributed by atoms with E-state index < -0.39 is 0 Å². The molecule has 3 N–H and O–H groups in total. The van der Waals surface area contributed by atoms with Crippen molar-refractivity contribution in [1.29, 1.82) is 0 Å². The summed E-state index contributed by atoms with van der Waals surface area (Å²) in [5, 5.41) is 3.17. The highest BCUT2D eigenvalue weighted by Gasteiger charge is 2.09. The molecule has 1 aromatic heterocycles. The van der Waals surface area contributed by atoms with Crippen molar-refractivity contribution in [1.82, 2.24) is 10.3 Å². The second kappa shape index (κ2) is 9.10. The maximum atomic E-state index is 11.0. The molecular formula is C19H22ClN3O3. The van der Waals surface area contributed by atoms with Crippen LogP contribution in [0.1, 0.15) is 26.3 Å². The van der Waals surface area contributed by atoms with Gasteiger partial charge in [-0.3, -0.25) is 4.79 Å². The lowest BCUT2D eigenvalue weighted by atomic mass is 10.2. The second-order valence-electron chi connectivity index (χ2n) is 5.64. The normalized spacial score (nSPS) is 12.0. The first-order valence-electron chi connectivity index (χ1n) is 8.20. The van der Waals surface area contributed by atoms with Crippen LogP contribution < -0.4 is 20.5 Å². The summed E-state index contributed by atoms with van der Waals surface area (Å²) in [6.07, 6.45) is 5.31. The topological polar surface area (TPSA) is 86.5 Å². The average molecular weight is 376 g/mol. The van der Waals surface area contributed by atoms with Gasteiger partial charge in [-0.2, -0.15) is 0 Å². The maximum absolute atomic E-state index is 11.0. The summed E-state index contributed by atoms with van der Waals surface area (Å²) in [6, 6.07) is 6.80. The lowest BCUT2D eigenvalue weighted by molar-refractivity contribution is -0.119. The molecule has 138 valence electrons. The lowest BCUT2D eigenvalue weighted by Gasteiger charge is -2.11. The smallest absolute Gasteiger partial charge is 0.242 e. The average Bonchev–Trinajstić information content (AvgIpc) is 2.57. The molecule has 1 amide bonds. The van der Waals surface area contributed by atoms with Crippen molar-refractivity contribution < 1.29 is 14.3 Å². The summed E-state index contributed by atoms with van der Waals surface area (Å²) in [5.41, 5.74) is 7.20. The molecule has 0 saturated heterocycles. The van der Waals surface area contributed by atoms with Gasteiger partial charge in [0.15, 0.2) is 0 Å². The highest BCUT2D eigenvalue weighted by atomic mass is 35.5. The van der Waals surface area contributed by atoms with E-state index in [1.807, 2.05) is 26.0 Å². The van der Waals surface area contributed by atoms with E-state index in [2.05, 4.69) is 10.3 Å². The zero-order valence-electron chi connectivity index (χ0n) is 15.0. The van der Waals surface area contributed by atoms with Gasteiger partial charge >= 0.3 is 0 Å². The number of anilines is 1. The number of nitrogens with zero attached hydrogens (tertiary/aromatic N) is 1. The van der Waals surface area contributed by atoms with Crippen LogP contribution in [0.25, 0.3) is 6.08 Å². The van der Waals surface area contributed by atoms with Gasteiger partial charge in [0, 0.05) is 25.2 Å². The van der Waals surface area contributed by atoms with E-state index in [0.717, 1.165) is 5.56 Å². The molecule has 1 aromatic carbocycles. The largest absolute Gasteiger partial charge is 0.494 e. The molecule has 2 aromatic rings. The molecule has 0 aliphatic carbocycles. The number of hydrogen-bond acceptors (Lipinski definition) is 5. The summed E-state index contributed by atoms with van der Waals surface area (Å²) >= 11 is 6.21. The van der Waals surface area contributed by atoms with E-state index in [1.54, 1.807) is 30.5 Å². The fourth-order valence-electron chi connectivity index (χ4n) is 2.21. The third kappa shape index (κ3) is 5.67. The summed E-state index contributed by atoms with van der Waals surface area (Å²) in [5.74, 6) is 1.29. The number of nitrogens with two attached hydrogens (primary N) is 1. The fraction of sp³-hybridized carbons (Fsp3) is 0.263. The zero-order chi connectivity index (χ0) is 19.1. The molecule has 0 radical (unpaired) electrons.